The molecule has 1 fully saturated rings. The molecule has 0 saturated heterocycles. The fourth-order valence-electron chi connectivity index (χ4n) is 2.16. The van der Waals surface area contributed by atoms with Crippen LogP contribution < -0.4 is 5.32 Å². The number of carbonyl (C=O) groups excluding carboxylic acids is 1. The molecule has 5 heteroatoms. The lowest BCUT2D eigenvalue weighted by Crippen LogP contribution is -2.36. The third-order valence-corrected chi connectivity index (χ3v) is 2.86. The van der Waals surface area contributed by atoms with Crippen molar-refractivity contribution >= 4 is 11.9 Å². The zero-order valence-corrected chi connectivity index (χ0v) is 8.77. The van der Waals surface area contributed by atoms with Crippen molar-refractivity contribution in [3.63, 3.8) is 0 Å². The van der Waals surface area contributed by atoms with Crippen molar-refractivity contribution in [1.29, 1.82) is 0 Å². The molecule has 1 aliphatic rings. The molecule has 0 aromatic carbocycles. The Balaban J connectivity index is 2.58. The second kappa shape index (κ2) is 5.11. The number of aliphatic hydroxyl groups excluding tert-OH is 1. The van der Waals surface area contributed by atoms with Crippen LogP contribution in [0.4, 0.5) is 0 Å². The van der Waals surface area contributed by atoms with Crippen LogP contribution in [-0.4, -0.2) is 35.2 Å². The predicted octanol–water partition coefficient (Wildman–Crippen LogP) is -0.158. The monoisotopic (exact) mass is 215 g/mol. The Morgan fingerprint density at radius 3 is 2.47 bits per heavy atom. The lowest BCUT2D eigenvalue weighted by molar-refractivity contribution is -0.146. The molecule has 3 atom stereocenters. The standard InChI is InChI=1S/C10H17NO4/c1-6-4-7(8(5-6)10(14)15)9(13)11-2-3-12/h6-8,12H,2-5H2,1H3,(H,11,13)(H,14,15)/t6?,7-,8+/m0/s1. The molecule has 0 aromatic rings. The summed E-state index contributed by atoms with van der Waals surface area (Å²) in [7, 11) is 0. The molecule has 0 aliphatic heterocycles. The number of aliphatic hydroxyl groups is 1. The molecule has 1 amide bonds. The van der Waals surface area contributed by atoms with E-state index in [1.54, 1.807) is 0 Å². The van der Waals surface area contributed by atoms with E-state index in [0.29, 0.717) is 12.8 Å². The number of amides is 1. The maximum atomic E-state index is 11.6. The van der Waals surface area contributed by atoms with E-state index < -0.39 is 17.8 Å². The summed E-state index contributed by atoms with van der Waals surface area (Å²) in [5, 5.41) is 20.0. The van der Waals surface area contributed by atoms with Crippen molar-refractivity contribution in [2.24, 2.45) is 17.8 Å². The van der Waals surface area contributed by atoms with Crippen LogP contribution >= 0.6 is 0 Å². The lowest BCUT2D eigenvalue weighted by Gasteiger charge is -2.14. The van der Waals surface area contributed by atoms with Crippen LogP contribution in [0.15, 0.2) is 0 Å². The number of nitrogens with one attached hydrogen (secondary N) is 1. The second-order valence-electron chi connectivity index (χ2n) is 4.14. The van der Waals surface area contributed by atoms with E-state index in [2.05, 4.69) is 5.32 Å². The summed E-state index contributed by atoms with van der Waals surface area (Å²) in [5.41, 5.74) is 0. The maximum Gasteiger partial charge on any atom is 0.307 e. The Hall–Kier alpha value is -1.10. The van der Waals surface area contributed by atoms with E-state index in [0.717, 1.165) is 0 Å². The number of rotatable bonds is 4. The first kappa shape index (κ1) is 12.0. The molecule has 5 nitrogen and oxygen atoms in total. The highest BCUT2D eigenvalue weighted by molar-refractivity contribution is 5.85. The number of hydrogen-bond acceptors (Lipinski definition) is 3. The highest BCUT2D eigenvalue weighted by Crippen LogP contribution is 2.36. The smallest absolute Gasteiger partial charge is 0.307 e. The van der Waals surface area contributed by atoms with E-state index >= 15 is 0 Å². The molecule has 0 heterocycles. The zero-order valence-electron chi connectivity index (χ0n) is 8.77. The summed E-state index contributed by atoms with van der Waals surface area (Å²) in [6.07, 6.45) is 1.18. The normalized spacial score (nSPS) is 30.1. The van der Waals surface area contributed by atoms with Crippen molar-refractivity contribution in [2.45, 2.75) is 19.8 Å². The van der Waals surface area contributed by atoms with Gasteiger partial charge in [0.25, 0.3) is 0 Å². The SMILES string of the molecule is CC1C[C@H](C(=O)NCCO)[C@H](C(=O)O)C1. The molecule has 0 aromatic heterocycles. The van der Waals surface area contributed by atoms with Crippen LogP contribution in [0.2, 0.25) is 0 Å². The summed E-state index contributed by atoms with van der Waals surface area (Å²) in [5.74, 6) is -1.89. The van der Waals surface area contributed by atoms with Gasteiger partial charge < -0.3 is 15.5 Å². The summed E-state index contributed by atoms with van der Waals surface area (Å²) in [6.45, 7) is 2.02. The number of carboxylic acid groups (broad SMARTS) is 1. The minimum Gasteiger partial charge on any atom is -0.481 e. The molecule has 0 radical (unpaired) electrons. The molecular weight excluding hydrogens is 198 g/mol. The Labute approximate surface area is 88.5 Å². The van der Waals surface area contributed by atoms with Gasteiger partial charge in [0.1, 0.15) is 0 Å². The number of hydrogen-bond donors (Lipinski definition) is 3. The lowest BCUT2D eigenvalue weighted by atomic mass is 9.95. The van der Waals surface area contributed by atoms with Crippen molar-refractivity contribution in [3.05, 3.63) is 0 Å². The van der Waals surface area contributed by atoms with E-state index in [1.807, 2.05) is 6.92 Å². The Morgan fingerprint density at radius 1 is 1.33 bits per heavy atom. The molecule has 1 aliphatic carbocycles. The third-order valence-electron chi connectivity index (χ3n) is 2.86. The van der Waals surface area contributed by atoms with Crippen LogP contribution in [0.3, 0.4) is 0 Å². The van der Waals surface area contributed by atoms with E-state index in [-0.39, 0.29) is 25.0 Å². The van der Waals surface area contributed by atoms with Crippen LogP contribution in [0.1, 0.15) is 19.8 Å². The molecular formula is C10H17NO4. The van der Waals surface area contributed by atoms with Gasteiger partial charge in [0.05, 0.1) is 18.4 Å². The molecule has 0 spiro atoms. The number of carbonyl (C=O) groups is 2. The first-order valence-corrected chi connectivity index (χ1v) is 5.17. The first-order valence-electron chi connectivity index (χ1n) is 5.17. The van der Waals surface area contributed by atoms with Crippen molar-refractivity contribution in [3.8, 4) is 0 Å². The summed E-state index contributed by atoms with van der Waals surface area (Å²) in [6, 6.07) is 0. The number of aliphatic carboxylic acids is 1. The van der Waals surface area contributed by atoms with Gasteiger partial charge in [0, 0.05) is 6.54 Å². The predicted molar refractivity (Wildman–Crippen MR) is 53.1 cm³/mol. The van der Waals surface area contributed by atoms with Gasteiger partial charge in [-0.25, -0.2) is 0 Å². The van der Waals surface area contributed by atoms with E-state index in [9.17, 15) is 9.59 Å². The Morgan fingerprint density at radius 2 is 1.93 bits per heavy atom. The quantitative estimate of drug-likeness (QED) is 0.608. The highest BCUT2D eigenvalue weighted by Gasteiger charge is 2.40. The van der Waals surface area contributed by atoms with Crippen LogP contribution in [-0.2, 0) is 9.59 Å². The van der Waals surface area contributed by atoms with Gasteiger partial charge in [0.15, 0.2) is 0 Å². The van der Waals surface area contributed by atoms with E-state index in [4.69, 9.17) is 10.2 Å². The first-order chi connectivity index (χ1) is 7.06. The fraction of sp³-hybridized carbons (Fsp3) is 0.800. The van der Waals surface area contributed by atoms with Crippen molar-refractivity contribution in [1.82, 2.24) is 5.32 Å². The Kier molecular flexibility index (Phi) is 4.08. The van der Waals surface area contributed by atoms with Gasteiger partial charge >= 0.3 is 5.97 Å². The molecule has 0 bridgehead atoms. The maximum absolute atomic E-state index is 11.6. The summed E-state index contributed by atoms with van der Waals surface area (Å²) in [4.78, 5) is 22.5. The van der Waals surface area contributed by atoms with Gasteiger partial charge in [-0.15, -0.1) is 0 Å². The van der Waals surface area contributed by atoms with Crippen molar-refractivity contribution in [2.75, 3.05) is 13.2 Å². The molecule has 1 saturated carbocycles. The summed E-state index contributed by atoms with van der Waals surface area (Å²) < 4.78 is 0. The minimum absolute atomic E-state index is 0.119. The van der Waals surface area contributed by atoms with Crippen LogP contribution in [0, 0.1) is 17.8 Å². The van der Waals surface area contributed by atoms with Crippen LogP contribution in [0.25, 0.3) is 0 Å². The van der Waals surface area contributed by atoms with Crippen LogP contribution in [0.5, 0.6) is 0 Å². The third kappa shape index (κ3) is 2.92. The summed E-state index contributed by atoms with van der Waals surface area (Å²) >= 11 is 0. The van der Waals surface area contributed by atoms with Gasteiger partial charge in [-0.1, -0.05) is 6.92 Å². The highest BCUT2D eigenvalue weighted by atomic mass is 16.4. The van der Waals surface area contributed by atoms with Gasteiger partial charge in [-0.3, -0.25) is 9.59 Å². The molecule has 1 unspecified atom stereocenters. The molecule has 3 N–H and O–H groups in total. The van der Waals surface area contributed by atoms with E-state index in [1.165, 1.54) is 0 Å². The average Bonchev–Trinajstić information content (AvgIpc) is 2.57. The zero-order chi connectivity index (χ0) is 11.4. The molecule has 1 rings (SSSR count). The molecule has 86 valence electrons. The Bertz CT molecular complexity index is 254. The van der Waals surface area contributed by atoms with Crippen molar-refractivity contribution < 1.29 is 19.8 Å². The fourth-order valence-corrected chi connectivity index (χ4v) is 2.16. The largest absolute Gasteiger partial charge is 0.481 e. The van der Waals surface area contributed by atoms with Gasteiger partial charge in [-0.05, 0) is 18.8 Å². The average molecular weight is 215 g/mol. The van der Waals surface area contributed by atoms with Gasteiger partial charge in [0.2, 0.25) is 5.91 Å². The van der Waals surface area contributed by atoms with Gasteiger partial charge in [-0.2, -0.15) is 0 Å². The topological polar surface area (TPSA) is 86.6 Å². The molecule has 15 heavy (non-hydrogen) atoms. The number of carboxylic acids is 1. The minimum atomic E-state index is -0.900. The second-order valence-corrected chi connectivity index (χ2v) is 4.14.